The molecule has 2 aromatic carbocycles. The monoisotopic (exact) mass is 335 g/mol. The van der Waals surface area contributed by atoms with E-state index in [0.717, 1.165) is 17.1 Å². The molecule has 0 radical (unpaired) electrons. The number of rotatable bonds is 7. The summed E-state index contributed by atoms with van der Waals surface area (Å²) in [5.41, 5.74) is 2.83. The lowest BCUT2D eigenvalue weighted by molar-refractivity contribution is -0.116. The molecule has 0 spiro atoms. The number of nitrogens with one attached hydrogen (secondary N) is 1. The van der Waals surface area contributed by atoms with Crippen LogP contribution in [0.15, 0.2) is 67.3 Å². The maximum atomic E-state index is 12.3. The minimum Gasteiger partial charge on any atom is -0.343 e. The highest BCUT2D eigenvalue weighted by atomic mass is 16.1. The Morgan fingerprint density at radius 3 is 2.64 bits per heavy atom. The third-order valence-electron chi connectivity index (χ3n) is 3.94. The lowest BCUT2D eigenvalue weighted by atomic mass is 10.2. The first-order chi connectivity index (χ1) is 12.2. The lowest BCUT2D eigenvalue weighted by Crippen LogP contribution is -2.17. The topological polar surface area (TPSA) is 63.1 Å². The molecule has 0 aliphatic rings. The zero-order valence-electron chi connectivity index (χ0n) is 14.2. The highest BCUT2D eigenvalue weighted by Gasteiger charge is 2.11. The second kappa shape index (κ2) is 8.10. The van der Waals surface area contributed by atoms with Gasteiger partial charge in [-0.15, -0.1) is 0 Å². The summed E-state index contributed by atoms with van der Waals surface area (Å²) in [6.07, 6.45) is 4.30. The maximum Gasteiger partial charge on any atom is 0.224 e. The van der Waals surface area contributed by atoms with Crippen molar-refractivity contribution in [3.63, 3.8) is 0 Å². The van der Waals surface area contributed by atoms with Crippen LogP contribution in [0, 0.1) is 0 Å². The summed E-state index contributed by atoms with van der Waals surface area (Å²) in [5, 5.41) is 7.05. The second-order valence-corrected chi connectivity index (χ2v) is 5.72. The van der Waals surface area contributed by atoms with Gasteiger partial charge in [0.25, 0.3) is 0 Å². The summed E-state index contributed by atoms with van der Waals surface area (Å²) in [4.78, 5) is 18.2. The largest absolute Gasteiger partial charge is 0.343 e. The van der Waals surface area contributed by atoms with E-state index in [9.17, 15) is 4.79 Å². The molecular weight excluding hydrogens is 314 g/mol. The third kappa shape index (κ3) is 4.44. The Labute approximate surface area is 147 Å². The van der Waals surface area contributed by atoms with Gasteiger partial charge in [0.1, 0.15) is 12.7 Å². The number of hydrogen-bond donors (Lipinski definition) is 1. The Hall–Kier alpha value is -3.15. The molecule has 1 amide bonds. The van der Waals surface area contributed by atoms with Gasteiger partial charge in [0, 0.05) is 25.7 Å². The van der Waals surface area contributed by atoms with E-state index in [2.05, 4.69) is 20.3 Å². The second-order valence-electron chi connectivity index (χ2n) is 5.72. The molecule has 3 aromatic rings. The molecule has 25 heavy (non-hydrogen) atoms. The van der Waals surface area contributed by atoms with E-state index in [1.54, 1.807) is 11.0 Å². The average Bonchev–Trinajstić information content (AvgIpc) is 3.16. The van der Waals surface area contributed by atoms with Crippen molar-refractivity contribution < 1.29 is 4.79 Å². The number of nitrogens with zero attached hydrogens (tertiary/aromatic N) is 4. The number of para-hydroxylation sites is 3. The average molecular weight is 335 g/mol. The van der Waals surface area contributed by atoms with E-state index in [1.165, 1.54) is 6.33 Å². The molecule has 0 saturated heterocycles. The number of benzene rings is 2. The van der Waals surface area contributed by atoms with Crippen LogP contribution in [0.4, 0.5) is 17.1 Å². The number of aryl methyl sites for hydroxylation is 1. The predicted molar refractivity (Wildman–Crippen MR) is 98.8 cm³/mol. The number of aromatic nitrogens is 3. The van der Waals surface area contributed by atoms with Gasteiger partial charge in [0.05, 0.1) is 11.4 Å². The standard InChI is InChI=1S/C19H21N5O/c1-23(16-8-3-2-4-9-16)18-11-6-5-10-17(18)22-19(25)12-7-13-24-15-20-14-21-24/h2-6,8-11,14-15H,7,12-13H2,1H3,(H,22,25). The van der Waals surface area contributed by atoms with Crippen LogP contribution in [0.1, 0.15) is 12.8 Å². The van der Waals surface area contributed by atoms with Crippen LogP contribution in [-0.4, -0.2) is 27.7 Å². The summed E-state index contributed by atoms with van der Waals surface area (Å²) in [6, 6.07) is 17.9. The van der Waals surface area contributed by atoms with Crippen molar-refractivity contribution in [2.75, 3.05) is 17.3 Å². The van der Waals surface area contributed by atoms with Crippen LogP contribution in [0.5, 0.6) is 0 Å². The van der Waals surface area contributed by atoms with Crippen molar-refractivity contribution in [2.24, 2.45) is 0 Å². The van der Waals surface area contributed by atoms with Crippen molar-refractivity contribution in [1.82, 2.24) is 14.8 Å². The van der Waals surface area contributed by atoms with Crippen LogP contribution in [0.3, 0.4) is 0 Å². The normalized spacial score (nSPS) is 10.4. The molecule has 0 fully saturated rings. The molecule has 0 unspecified atom stereocenters. The van der Waals surface area contributed by atoms with Gasteiger partial charge >= 0.3 is 0 Å². The van der Waals surface area contributed by atoms with E-state index in [0.29, 0.717) is 19.4 Å². The minimum atomic E-state index is -0.00553. The quantitative estimate of drug-likeness (QED) is 0.718. The summed E-state index contributed by atoms with van der Waals surface area (Å²) in [7, 11) is 1.99. The van der Waals surface area contributed by atoms with Crippen molar-refractivity contribution >= 4 is 23.0 Å². The van der Waals surface area contributed by atoms with E-state index in [4.69, 9.17) is 0 Å². The van der Waals surface area contributed by atoms with Gasteiger partial charge in [-0.2, -0.15) is 5.10 Å². The fourth-order valence-corrected chi connectivity index (χ4v) is 2.63. The summed E-state index contributed by atoms with van der Waals surface area (Å²) >= 11 is 0. The minimum absolute atomic E-state index is 0.00553. The fraction of sp³-hybridized carbons (Fsp3) is 0.211. The summed E-state index contributed by atoms with van der Waals surface area (Å²) in [6.45, 7) is 0.680. The third-order valence-corrected chi connectivity index (χ3v) is 3.94. The fourth-order valence-electron chi connectivity index (χ4n) is 2.63. The van der Waals surface area contributed by atoms with Crippen molar-refractivity contribution in [1.29, 1.82) is 0 Å². The van der Waals surface area contributed by atoms with Crippen LogP contribution in [-0.2, 0) is 11.3 Å². The molecule has 6 heteroatoms. The van der Waals surface area contributed by atoms with Gasteiger partial charge in [-0.25, -0.2) is 4.98 Å². The first-order valence-electron chi connectivity index (χ1n) is 8.24. The molecule has 1 N–H and O–H groups in total. The molecular formula is C19H21N5O. The number of amides is 1. The molecule has 0 aliphatic carbocycles. The number of hydrogen-bond acceptors (Lipinski definition) is 4. The Morgan fingerprint density at radius 1 is 1.12 bits per heavy atom. The van der Waals surface area contributed by atoms with Gasteiger partial charge in [-0.1, -0.05) is 30.3 Å². The van der Waals surface area contributed by atoms with Gasteiger partial charge in [-0.3, -0.25) is 9.48 Å². The maximum absolute atomic E-state index is 12.3. The van der Waals surface area contributed by atoms with E-state index < -0.39 is 0 Å². The Bertz CT molecular complexity index is 802. The molecule has 128 valence electrons. The molecule has 0 bridgehead atoms. The van der Waals surface area contributed by atoms with Gasteiger partial charge in [0.15, 0.2) is 0 Å². The number of anilines is 3. The summed E-state index contributed by atoms with van der Waals surface area (Å²) < 4.78 is 1.73. The van der Waals surface area contributed by atoms with Gasteiger partial charge in [0.2, 0.25) is 5.91 Å². The van der Waals surface area contributed by atoms with E-state index in [-0.39, 0.29) is 5.91 Å². The predicted octanol–water partition coefficient (Wildman–Crippen LogP) is 3.46. The highest BCUT2D eigenvalue weighted by Crippen LogP contribution is 2.30. The zero-order valence-corrected chi connectivity index (χ0v) is 14.2. The molecule has 0 saturated carbocycles. The summed E-state index contributed by atoms with van der Waals surface area (Å²) in [5.74, 6) is -0.00553. The number of carbonyl (C=O) groups excluding carboxylic acids is 1. The molecule has 3 rings (SSSR count). The molecule has 1 heterocycles. The highest BCUT2D eigenvalue weighted by molar-refractivity contribution is 5.95. The van der Waals surface area contributed by atoms with Crippen LogP contribution >= 0.6 is 0 Å². The Kier molecular flexibility index (Phi) is 5.41. The first kappa shape index (κ1) is 16.7. The van der Waals surface area contributed by atoms with Crippen LogP contribution in [0.25, 0.3) is 0 Å². The molecule has 1 aromatic heterocycles. The van der Waals surface area contributed by atoms with E-state index in [1.807, 2.05) is 61.6 Å². The van der Waals surface area contributed by atoms with Crippen LogP contribution < -0.4 is 10.2 Å². The number of carbonyl (C=O) groups is 1. The molecule has 0 atom stereocenters. The molecule has 0 aliphatic heterocycles. The Balaban J connectivity index is 1.63. The first-order valence-corrected chi connectivity index (χ1v) is 8.24. The van der Waals surface area contributed by atoms with Gasteiger partial charge in [-0.05, 0) is 30.7 Å². The smallest absolute Gasteiger partial charge is 0.224 e. The van der Waals surface area contributed by atoms with Crippen LogP contribution in [0.2, 0.25) is 0 Å². The SMILES string of the molecule is CN(c1ccccc1)c1ccccc1NC(=O)CCCn1cncn1. The lowest BCUT2D eigenvalue weighted by Gasteiger charge is -2.22. The Morgan fingerprint density at radius 2 is 1.88 bits per heavy atom. The van der Waals surface area contributed by atoms with Gasteiger partial charge < -0.3 is 10.2 Å². The van der Waals surface area contributed by atoms with Crippen molar-refractivity contribution in [3.05, 3.63) is 67.3 Å². The van der Waals surface area contributed by atoms with E-state index >= 15 is 0 Å². The molecule has 6 nitrogen and oxygen atoms in total. The van der Waals surface area contributed by atoms with Crippen molar-refractivity contribution in [2.45, 2.75) is 19.4 Å². The van der Waals surface area contributed by atoms with Crippen molar-refractivity contribution in [3.8, 4) is 0 Å². The zero-order chi connectivity index (χ0) is 17.5.